The second-order valence-electron chi connectivity index (χ2n) is 3.80. The Morgan fingerprint density at radius 1 is 1.50 bits per heavy atom. The van der Waals surface area contributed by atoms with Gasteiger partial charge < -0.3 is 15.3 Å². The number of rotatable bonds is 1. The molecule has 1 aromatic rings. The number of carbonyl (C=O) groups excluding carboxylic acids is 1. The minimum atomic E-state index is -0.374. The molecular weight excluding hydrogens is 319 g/mol. The van der Waals surface area contributed by atoms with Crippen LogP contribution < -0.4 is 5.32 Å². The van der Waals surface area contributed by atoms with Crippen LogP contribution in [0, 0.1) is 3.57 Å². The Balaban J connectivity index is 2.00. The van der Waals surface area contributed by atoms with Crippen LogP contribution in [0.15, 0.2) is 24.3 Å². The number of benzene rings is 1. The lowest BCUT2D eigenvalue weighted by atomic mass is 10.3. The van der Waals surface area contributed by atoms with Gasteiger partial charge in [0.25, 0.3) is 0 Å². The summed E-state index contributed by atoms with van der Waals surface area (Å²) in [5.74, 6) is 0. The molecule has 1 aliphatic rings. The molecule has 0 radical (unpaired) electrons. The molecule has 1 aliphatic heterocycles. The third kappa shape index (κ3) is 2.65. The summed E-state index contributed by atoms with van der Waals surface area (Å²) in [5.41, 5.74) is 0.814. The average Bonchev–Trinajstić information content (AvgIpc) is 2.68. The van der Waals surface area contributed by atoms with E-state index >= 15 is 0 Å². The van der Waals surface area contributed by atoms with Gasteiger partial charge in [-0.3, -0.25) is 0 Å². The van der Waals surface area contributed by atoms with E-state index in [1.807, 2.05) is 24.3 Å². The first-order chi connectivity index (χ1) is 7.66. The smallest absolute Gasteiger partial charge is 0.321 e. The third-order valence-corrected chi connectivity index (χ3v) is 3.51. The number of carbonyl (C=O) groups is 1. The van der Waals surface area contributed by atoms with Crippen LogP contribution in [0.3, 0.4) is 0 Å². The third-order valence-electron chi connectivity index (χ3n) is 2.57. The fraction of sp³-hybridized carbons (Fsp3) is 0.364. The second-order valence-corrected chi connectivity index (χ2v) is 4.96. The molecule has 1 aromatic carbocycles. The number of anilines is 1. The zero-order chi connectivity index (χ0) is 11.5. The SMILES string of the molecule is O=C(Nc1ccccc1I)N1CC[C@H](O)C1. The number of amides is 2. The Hall–Kier alpha value is -0.820. The van der Waals surface area contributed by atoms with Crippen molar-refractivity contribution in [3.63, 3.8) is 0 Å². The van der Waals surface area contributed by atoms with Gasteiger partial charge in [0.15, 0.2) is 0 Å². The standard InChI is InChI=1S/C11H13IN2O2/c12-9-3-1-2-4-10(9)13-11(16)14-6-5-8(15)7-14/h1-4,8,15H,5-7H2,(H,13,16)/t8-/m0/s1. The molecule has 4 nitrogen and oxygen atoms in total. The predicted octanol–water partition coefficient (Wildman–Crippen LogP) is 1.89. The summed E-state index contributed by atoms with van der Waals surface area (Å²) in [4.78, 5) is 13.4. The Bertz CT molecular complexity index is 397. The van der Waals surface area contributed by atoms with Gasteiger partial charge in [-0.1, -0.05) is 12.1 Å². The van der Waals surface area contributed by atoms with Crippen molar-refractivity contribution in [1.29, 1.82) is 0 Å². The van der Waals surface area contributed by atoms with Crippen LogP contribution in [0.4, 0.5) is 10.5 Å². The molecule has 2 rings (SSSR count). The molecule has 0 aliphatic carbocycles. The van der Waals surface area contributed by atoms with Crippen LogP contribution in [0.5, 0.6) is 0 Å². The van der Waals surface area contributed by atoms with E-state index in [9.17, 15) is 9.90 Å². The summed E-state index contributed by atoms with van der Waals surface area (Å²) in [6.45, 7) is 1.05. The zero-order valence-corrected chi connectivity index (χ0v) is 10.8. The molecule has 2 amide bonds. The lowest BCUT2D eigenvalue weighted by Crippen LogP contribution is -2.33. The fourth-order valence-electron chi connectivity index (χ4n) is 1.68. The monoisotopic (exact) mass is 332 g/mol. The number of β-amino-alcohol motifs (C(OH)–C–C–N with tert-alkyl or cyclic N) is 1. The van der Waals surface area contributed by atoms with Crippen molar-refractivity contribution in [3.8, 4) is 0 Å². The number of aliphatic hydroxyl groups excluding tert-OH is 1. The summed E-state index contributed by atoms with van der Waals surface area (Å²) >= 11 is 2.18. The number of halogens is 1. The highest BCUT2D eigenvalue weighted by Gasteiger charge is 2.24. The quantitative estimate of drug-likeness (QED) is 0.772. The molecule has 0 saturated carbocycles. The van der Waals surface area contributed by atoms with Crippen LogP contribution in [0.25, 0.3) is 0 Å². The normalized spacial score (nSPS) is 19.9. The molecule has 5 heteroatoms. The summed E-state index contributed by atoms with van der Waals surface area (Å²) in [5, 5.41) is 12.2. The minimum Gasteiger partial charge on any atom is -0.391 e. The lowest BCUT2D eigenvalue weighted by molar-refractivity contribution is 0.176. The molecule has 1 fully saturated rings. The van der Waals surface area contributed by atoms with Crippen molar-refractivity contribution >= 4 is 34.3 Å². The largest absolute Gasteiger partial charge is 0.391 e. The maximum absolute atomic E-state index is 11.8. The van der Waals surface area contributed by atoms with E-state index in [0.717, 1.165) is 9.26 Å². The Morgan fingerprint density at radius 2 is 2.25 bits per heavy atom. The van der Waals surface area contributed by atoms with Crippen LogP contribution in [-0.4, -0.2) is 35.2 Å². The molecule has 1 saturated heterocycles. The van der Waals surface area contributed by atoms with Gasteiger partial charge in [-0.15, -0.1) is 0 Å². The van der Waals surface area contributed by atoms with Crippen molar-refractivity contribution in [2.75, 3.05) is 18.4 Å². The maximum Gasteiger partial charge on any atom is 0.321 e. The molecule has 2 N–H and O–H groups in total. The van der Waals surface area contributed by atoms with Crippen molar-refractivity contribution in [1.82, 2.24) is 4.90 Å². The van der Waals surface area contributed by atoms with Gasteiger partial charge in [-0.2, -0.15) is 0 Å². The van der Waals surface area contributed by atoms with Crippen LogP contribution in [0.2, 0.25) is 0 Å². The highest BCUT2D eigenvalue weighted by atomic mass is 127. The van der Waals surface area contributed by atoms with E-state index in [0.29, 0.717) is 19.5 Å². The Labute approximate surface area is 108 Å². The molecule has 1 heterocycles. The topological polar surface area (TPSA) is 52.6 Å². The summed E-state index contributed by atoms with van der Waals surface area (Å²) in [6.07, 6.45) is 0.292. The summed E-state index contributed by atoms with van der Waals surface area (Å²) < 4.78 is 1.01. The number of likely N-dealkylation sites (tertiary alicyclic amines) is 1. The van der Waals surface area contributed by atoms with Gasteiger partial charge in [0.05, 0.1) is 11.8 Å². The van der Waals surface area contributed by atoms with Gasteiger partial charge >= 0.3 is 6.03 Å². The van der Waals surface area contributed by atoms with E-state index in [1.165, 1.54) is 0 Å². The Morgan fingerprint density at radius 3 is 2.88 bits per heavy atom. The predicted molar refractivity (Wildman–Crippen MR) is 70.4 cm³/mol. The first-order valence-corrected chi connectivity index (χ1v) is 6.23. The number of hydrogen-bond donors (Lipinski definition) is 2. The molecule has 0 aromatic heterocycles. The number of para-hydroxylation sites is 1. The van der Waals surface area contributed by atoms with Gasteiger partial charge in [-0.05, 0) is 41.1 Å². The first-order valence-electron chi connectivity index (χ1n) is 5.15. The van der Waals surface area contributed by atoms with E-state index in [2.05, 4.69) is 27.9 Å². The number of hydrogen-bond acceptors (Lipinski definition) is 2. The molecule has 0 spiro atoms. The number of nitrogens with one attached hydrogen (secondary N) is 1. The summed E-state index contributed by atoms with van der Waals surface area (Å²) in [6, 6.07) is 7.48. The molecule has 0 bridgehead atoms. The highest BCUT2D eigenvalue weighted by molar-refractivity contribution is 14.1. The second kappa shape index (κ2) is 5.01. The molecule has 0 unspecified atom stereocenters. The minimum absolute atomic E-state index is 0.138. The number of aliphatic hydroxyl groups is 1. The fourth-order valence-corrected chi connectivity index (χ4v) is 2.21. The zero-order valence-electron chi connectivity index (χ0n) is 8.69. The van der Waals surface area contributed by atoms with Crippen LogP contribution in [-0.2, 0) is 0 Å². The van der Waals surface area contributed by atoms with Gasteiger partial charge in [0.1, 0.15) is 0 Å². The Kier molecular flexibility index (Phi) is 3.65. The van der Waals surface area contributed by atoms with E-state index in [4.69, 9.17) is 0 Å². The molecule has 86 valence electrons. The maximum atomic E-state index is 11.8. The number of nitrogens with zero attached hydrogens (tertiary/aromatic N) is 1. The van der Waals surface area contributed by atoms with Gasteiger partial charge in [-0.25, -0.2) is 4.79 Å². The average molecular weight is 332 g/mol. The first kappa shape index (κ1) is 11.7. The van der Waals surface area contributed by atoms with E-state index in [-0.39, 0.29) is 12.1 Å². The highest BCUT2D eigenvalue weighted by Crippen LogP contribution is 2.18. The lowest BCUT2D eigenvalue weighted by Gasteiger charge is -2.17. The molecular formula is C11H13IN2O2. The molecule has 1 atom stereocenters. The number of urea groups is 1. The molecule has 16 heavy (non-hydrogen) atoms. The van der Waals surface area contributed by atoms with E-state index in [1.54, 1.807) is 4.90 Å². The van der Waals surface area contributed by atoms with Gasteiger partial charge in [0.2, 0.25) is 0 Å². The van der Waals surface area contributed by atoms with Crippen LogP contribution >= 0.6 is 22.6 Å². The van der Waals surface area contributed by atoms with Crippen molar-refractivity contribution in [2.45, 2.75) is 12.5 Å². The van der Waals surface area contributed by atoms with E-state index < -0.39 is 0 Å². The van der Waals surface area contributed by atoms with Gasteiger partial charge in [0, 0.05) is 16.7 Å². The summed E-state index contributed by atoms with van der Waals surface area (Å²) in [7, 11) is 0. The van der Waals surface area contributed by atoms with Crippen molar-refractivity contribution < 1.29 is 9.90 Å². The van der Waals surface area contributed by atoms with Crippen molar-refractivity contribution in [2.24, 2.45) is 0 Å². The van der Waals surface area contributed by atoms with Crippen LogP contribution in [0.1, 0.15) is 6.42 Å². The van der Waals surface area contributed by atoms with Crippen molar-refractivity contribution in [3.05, 3.63) is 27.8 Å².